The molecular weight excluding hydrogens is 514 g/mol. The third kappa shape index (κ3) is 3.63. The molecule has 0 amide bonds. The highest BCUT2D eigenvalue weighted by Gasteiger charge is 2.30. The van der Waals surface area contributed by atoms with Gasteiger partial charge in [-0.05, 0) is 77.4 Å². The van der Waals surface area contributed by atoms with E-state index in [1.54, 1.807) is 34.8 Å². The SMILES string of the molecule is Cc1ccc(-c2cc3cc4c(cc3s2)sc2cc3sc(-c5ccc(C(F)(F)F)cc5)cc3cc24)cc1. The molecule has 0 aliphatic rings. The number of benzene rings is 4. The van der Waals surface area contributed by atoms with E-state index in [2.05, 4.69) is 67.6 Å². The van der Waals surface area contributed by atoms with Gasteiger partial charge in [0.2, 0.25) is 0 Å². The van der Waals surface area contributed by atoms with Gasteiger partial charge in [0.1, 0.15) is 0 Å². The number of halogens is 3. The quantitative estimate of drug-likeness (QED) is 0.208. The van der Waals surface area contributed by atoms with Crippen LogP contribution in [0.15, 0.2) is 84.9 Å². The first kappa shape index (κ1) is 22.0. The lowest BCUT2D eigenvalue weighted by molar-refractivity contribution is -0.137. The number of fused-ring (bicyclic) bond motifs is 5. The Kier molecular flexibility index (Phi) is 4.84. The maximum Gasteiger partial charge on any atom is 0.416 e. The standard InChI is InChI=1S/C30H17F3S3/c1-16-2-4-17(5-3-16)24-12-19-10-22-23-11-20-13-25(18-6-8-21(9-7-18)30(31,32)33)35-27(20)15-29(23)36-28(22)14-26(19)34-24/h2-15H,1H3. The number of hydrogen-bond acceptors (Lipinski definition) is 3. The molecule has 3 aromatic heterocycles. The number of rotatable bonds is 2. The Hall–Kier alpha value is -3.19. The minimum atomic E-state index is -4.32. The van der Waals surface area contributed by atoms with Gasteiger partial charge in [-0.2, -0.15) is 13.2 Å². The van der Waals surface area contributed by atoms with Gasteiger partial charge in [0.15, 0.2) is 0 Å². The van der Waals surface area contributed by atoms with Gasteiger partial charge in [-0.3, -0.25) is 0 Å². The van der Waals surface area contributed by atoms with E-state index < -0.39 is 11.7 Å². The van der Waals surface area contributed by atoms with Gasteiger partial charge in [0, 0.05) is 39.3 Å². The predicted octanol–water partition coefficient (Wildman–Crippen LogP) is 11.1. The molecular formula is C30H17F3S3. The molecule has 3 heterocycles. The van der Waals surface area contributed by atoms with E-state index in [1.165, 1.54) is 46.3 Å². The summed E-state index contributed by atoms with van der Waals surface area (Å²) in [7, 11) is 0. The average molecular weight is 531 g/mol. The molecule has 0 saturated carbocycles. The molecule has 0 aliphatic heterocycles. The number of thiophene rings is 3. The maximum atomic E-state index is 12.9. The fourth-order valence-electron chi connectivity index (χ4n) is 4.67. The van der Waals surface area contributed by atoms with Gasteiger partial charge in [0.05, 0.1) is 5.56 Å². The third-order valence-corrected chi connectivity index (χ3v) is 9.99. The van der Waals surface area contributed by atoms with Crippen LogP contribution in [0.3, 0.4) is 0 Å². The van der Waals surface area contributed by atoms with Crippen molar-refractivity contribution in [3.8, 4) is 20.9 Å². The van der Waals surface area contributed by atoms with Crippen LogP contribution in [-0.4, -0.2) is 0 Å². The fourth-order valence-corrected chi connectivity index (χ4v) is 8.15. The largest absolute Gasteiger partial charge is 0.416 e. The van der Waals surface area contributed by atoms with Crippen molar-refractivity contribution in [3.05, 3.63) is 96.1 Å². The van der Waals surface area contributed by atoms with Crippen LogP contribution in [0.1, 0.15) is 11.1 Å². The fraction of sp³-hybridized carbons (Fsp3) is 0.0667. The summed E-state index contributed by atoms with van der Waals surface area (Å²) in [5.41, 5.74) is 2.68. The van der Waals surface area contributed by atoms with Gasteiger partial charge in [-0.1, -0.05) is 42.0 Å². The zero-order chi connectivity index (χ0) is 24.6. The summed E-state index contributed by atoms with van der Waals surface area (Å²) in [6.45, 7) is 2.10. The highest BCUT2D eigenvalue weighted by molar-refractivity contribution is 7.27. The molecule has 0 nitrogen and oxygen atoms in total. The maximum absolute atomic E-state index is 12.9. The van der Waals surface area contributed by atoms with E-state index in [-0.39, 0.29) is 0 Å². The van der Waals surface area contributed by atoms with Crippen LogP contribution in [0.5, 0.6) is 0 Å². The smallest absolute Gasteiger partial charge is 0.166 e. The van der Waals surface area contributed by atoms with Crippen LogP contribution in [0, 0.1) is 6.92 Å². The monoisotopic (exact) mass is 530 g/mol. The Morgan fingerprint density at radius 3 is 1.47 bits per heavy atom. The van der Waals surface area contributed by atoms with Crippen LogP contribution in [0.25, 0.3) is 61.2 Å². The zero-order valence-electron chi connectivity index (χ0n) is 18.9. The van der Waals surface area contributed by atoms with E-state index in [1.807, 2.05) is 11.3 Å². The summed E-state index contributed by atoms with van der Waals surface area (Å²) in [5, 5.41) is 4.84. The summed E-state index contributed by atoms with van der Waals surface area (Å²) >= 11 is 5.24. The lowest BCUT2D eigenvalue weighted by atomic mass is 10.1. The molecule has 7 aromatic rings. The first-order chi connectivity index (χ1) is 17.3. The van der Waals surface area contributed by atoms with Gasteiger partial charge in [0.25, 0.3) is 0 Å². The van der Waals surface area contributed by atoms with Crippen molar-refractivity contribution in [1.82, 2.24) is 0 Å². The van der Waals surface area contributed by atoms with Gasteiger partial charge < -0.3 is 0 Å². The molecule has 7 rings (SSSR count). The van der Waals surface area contributed by atoms with Gasteiger partial charge >= 0.3 is 6.18 Å². The van der Waals surface area contributed by atoms with Crippen LogP contribution >= 0.6 is 34.0 Å². The molecule has 6 heteroatoms. The van der Waals surface area contributed by atoms with Gasteiger partial charge in [-0.25, -0.2) is 0 Å². The third-order valence-electron chi connectivity index (χ3n) is 6.58. The molecule has 0 unspecified atom stereocenters. The Balaban J connectivity index is 1.32. The van der Waals surface area contributed by atoms with Crippen molar-refractivity contribution in [2.75, 3.05) is 0 Å². The molecule has 36 heavy (non-hydrogen) atoms. The van der Waals surface area contributed by atoms with Crippen LogP contribution in [-0.2, 0) is 6.18 Å². The molecule has 0 atom stereocenters. The highest BCUT2D eigenvalue weighted by atomic mass is 32.1. The van der Waals surface area contributed by atoms with Crippen LogP contribution < -0.4 is 0 Å². The molecule has 0 spiro atoms. The minimum absolute atomic E-state index is 0.621. The normalized spacial score (nSPS) is 12.4. The molecule has 0 saturated heterocycles. The highest BCUT2D eigenvalue weighted by Crippen LogP contribution is 2.44. The minimum Gasteiger partial charge on any atom is -0.166 e. The summed E-state index contributed by atoms with van der Waals surface area (Å²) in [5.74, 6) is 0. The Bertz CT molecular complexity index is 1920. The number of aryl methyl sites for hydroxylation is 1. The average Bonchev–Trinajstić information content (AvgIpc) is 3.55. The van der Waals surface area contributed by atoms with Crippen molar-refractivity contribution in [2.24, 2.45) is 0 Å². The van der Waals surface area contributed by atoms with Crippen molar-refractivity contribution < 1.29 is 13.2 Å². The summed E-state index contributed by atoms with van der Waals surface area (Å²) < 4.78 is 43.8. The summed E-state index contributed by atoms with van der Waals surface area (Å²) in [4.78, 5) is 2.25. The van der Waals surface area contributed by atoms with Crippen molar-refractivity contribution in [3.63, 3.8) is 0 Å². The summed E-state index contributed by atoms with van der Waals surface area (Å²) in [6, 6.07) is 27.5. The first-order valence-corrected chi connectivity index (χ1v) is 13.8. The van der Waals surface area contributed by atoms with E-state index in [0.717, 1.165) is 32.7 Å². The first-order valence-electron chi connectivity index (χ1n) is 11.4. The molecule has 176 valence electrons. The Labute approximate surface area is 216 Å². The molecule has 0 radical (unpaired) electrons. The van der Waals surface area contributed by atoms with E-state index in [9.17, 15) is 13.2 Å². The summed E-state index contributed by atoms with van der Waals surface area (Å²) in [6.07, 6.45) is -4.32. The number of hydrogen-bond donors (Lipinski definition) is 0. The van der Waals surface area contributed by atoms with E-state index in [0.29, 0.717) is 0 Å². The molecule has 0 bridgehead atoms. The van der Waals surface area contributed by atoms with Crippen molar-refractivity contribution in [2.45, 2.75) is 13.1 Å². The molecule has 0 fully saturated rings. The second-order valence-electron chi connectivity index (χ2n) is 9.04. The zero-order valence-corrected chi connectivity index (χ0v) is 21.4. The van der Waals surface area contributed by atoms with Crippen molar-refractivity contribution in [1.29, 1.82) is 0 Å². The van der Waals surface area contributed by atoms with Crippen LogP contribution in [0.2, 0.25) is 0 Å². The predicted molar refractivity (Wildman–Crippen MR) is 151 cm³/mol. The topological polar surface area (TPSA) is 0 Å². The second kappa shape index (κ2) is 7.90. The lowest BCUT2D eigenvalue weighted by Gasteiger charge is -2.06. The Morgan fingerprint density at radius 2 is 1.00 bits per heavy atom. The van der Waals surface area contributed by atoms with E-state index in [4.69, 9.17) is 0 Å². The Morgan fingerprint density at radius 1 is 0.528 bits per heavy atom. The van der Waals surface area contributed by atoms with Gasteiger partial charge in [-0.15, -0.1) is 34.0 Å². The lowest BCUT2D eigenvalue weighted by Crippen LogP contribution is -2.03. The molecule has 4 aromatic carbocycles. The second-order valence-corrected chi connectivity index (χ2v) is 12.3. The van der Waals surface area contributed by atoms with Crippen LogP contribution in [0.4, 0.5) is 13.2 Å². The van der Waals surface area contributed by atoms with E-state index >= 15 is 0 Å². The molecule has 0 aliphatic carbocycles. The van der Waals surface area contributed by atoms with Crippen molar-refractivity contribution >= 4 is 74.4 Å². The molecule has 0 N–H and O–H groups in total. The number of alkyl halides is 3.